The van der Waals surface area contributed by atoms with Crippen molar-refractivity contribution in [3.8, 4) is 11.5 Å². The van der Waals surface area contributed by atoms with Gasteiger partial charge in [0.1, 0.15) is 5.56 Å². The van der Waals surface area contributed by atoms with Gasteiger partial charge in [-0.25, -0.2) is 5.43 Å². The number of methoxy groups -OCH3 is 1. The SMILES string of the molecule is COc1cncc(OCC2CCCCC2C2=CC(C)NN2CCC(F)(F)F)c1C=O. The zero-order valence-corrected chi connectivity index (χ0v) is 17.2. The van der Waals surface area contributed by atoms with Gasteiger partial charge in [0.05, 0.1) is 32.5 Å². The second-order valence-corrected chi connectivity index (χ2v) is 7.86. The van der Waals surface area contributed by atoms with Gasteiger partial charge in [-0.05, 0) is 25.8 Å². The number of nitrogens with one attached hydrogen (secondary N) is 1. The third-order valence-electron chi connectivity index (χ3n) is 5.70. The van der Waals surface area contributed by atoms with Crippen LogP contribution < -0.4 is 14.9 Å². The van der Waals surface area contributed by atoms with Crippen molar-refractivity contribution < 1.29 is 27.4 Å². The van der Waals surface area contributed by atoms with E-state index in [1.807, 2.05) is 13.0 Å². The first kappa shape index (κ1) is 22.4. The highest BCUT2D eigenvalue weighted by molar-refractivity contribution is 5.83. The van der Waals surface area contributed by atoms with Crippen LogP contribution in [0.15, 0.2) is 24.2 Å². The zero-order valence-electron chi connectivity index (χ0n) is 17.2. The summed E-state index contributed by atoms with van der Waals surface area (Å²) in [5, 5.41) is 1.66. The average Bonchev–Trinajstić information content (AvgIpc) is 3.10. The summed E-state index contributed by atoms with van der Waals surface area (Å²) in [7, 11) is 1.46. The topological polar surface area (TPSA) is 63.7 Å². The van der Waals surface area contributed by atoms with Crippen LogP contribution >= 0.6 is 0 Å². The van der Waals surface area contributed by atoms with Gasteiger partial charge in [-0.1, -0.05) is 12.8 Å². The summed E-state index contributed by atoms with van der Waals surface area (Å²) in [6.45, 7) is 2.18. The molecule has 0 radical (unpaired) electrons. The third-order valence-corrected chi connectivity index (χ3v) is 5.70. The Morgan fingerprint density at radius 3 is 2.70 bits per heavy atom. The molecule has 1 aromatic rings. The highest BCUT2D eigenvalue weighted by atomic mass is 19.4. The summed E-state index contributed by atoms with van der Waals surface area (Å²) in [6.07, 6.45) is 4.45. The van der Waals surface area contributed by atoms with Crippen molar-refractivity contribution in [2.24, 2.45) is 11.8 Å². The molecule has 3 rings (SSSR count). The number of alkyl halides is 3. The fourth-order valence-electron chi connectivity index (χ4n) is 4.28. The molecule has 3 unspecified atom stereocenters. The fourth-order valence-corrected chi connectivity index (χ4v) is 4.28. The van der Waals surface area contributed by atoms with Gasteiger partial charge < -0.3 is 14.5 Å². The van der Waals surface area contributed by atoms with E-state index in [1.54, 1.807) is 5.01 Å². The maximum absolute atomic E-state index is 12.8. The van der Waals surface area contributed by atoms with Crippen LogP contribution in [0.3, 0.4) is 0 Å². The molecule has 30 heavy (non-hydrogen) atoms. The summed E-state index contributed by atoms with van der Waals surface area (Å²) in [5.41, 5.74) is 4.35. The lowest BCUT2D eigenvalue weighted by Gasteiger charge is -2.36. The molecule has 2 aliphatic rings. The Labute approximate surface area is 174 Å². The molecule has 2 heterocycles. The summed E-state index contributed by atoms with van der Waals surface area (Å²) in [5.74, 6) is 0.936. The van der Waals surface area contributed by atoms with Crippen molar-refractivity contribution in [2.45, 2.75) is 51.2 Å². The zero-order chi connectivity index (χ0) is 21.7. The second kappa shape index (κ2) is 9.68. The number of allylic oxidation sites excluding steroid dienone is 1. The molecule has 0 bridgehead atoms. The van der Waals surface area contributed by atoms with Gasteiger partial charge in [-0.2, -0.15) is 13.2 Å². The van der Waals surface area contributed by atoms with Gasteiger partial charge in [0.2, 0.25) is 0 Å². The van der Waals surface area contributed by atoms with Crippen molar-refractivity contribution >= 4 is 6.29 Å². The first-order chi connectivity index (χ1) is 14.3. The van der Waals surface area contributed by atoms with Crippen LogP contribution in [-0.2, 0) is 0 Å². The Balaban J connectivity index is 1.72. The third kappa shape index (κ3) is 5.44. The van der Waals surface area contributed by atoms with Crippen LogP contribution in [0, 0.1) is 11.8 Å². The van der Waals surface area contributed by atoms with Crippen LogP contribution in [0.5, 0.6) is 11.5 Å². The maximum atomic E-state index is 12.8. The molecule has 1 aliphatic heterocycles. The molecular weight excluding hydrogens is 399 g/mol. The van der Waals surface area contributed by atoms with Crippen molar-refractivity contribution in [1.29, 1.82) is 0 Å². The van der Waals surface area contributed by atoms with Crippen LogP contribution in [0.2, 0.25) is 0 Å². The van der Waals surface area contributed by atoms with Gasteiger partial charge in [0, 0.05) is 30.1 Å². The monoisotopic (exact) mass is 427 g/mol. The molecule has 166 valence electrons. The van der Waals surface area contributed by atoms with E-state index in [4.69, 9.17) is 9.47 Å². The number of ether oxygens (including phenoxy) is 2. The molecule has 0 saturated heterocycles. The fraction of sp³-hybridized carbons (Fsp3) is 0.619. The number of aromatic nitrogens is 1. The molecule has 1 N–H and O–H groups in total. The summed E-state index contributed by atoms with van der Waals surface area (Å²) >= 11 is 0. The van der Waals surface area contributed by atoms with Gasteiger partial charge in [0.15, 0.2) is 17.8 Å². The van der Waals surface area contributed by atoms with Crippen LogP contribution in [0.25, 0.3) is 0 Å². The molecule has 9 heteroatoms. The number of pyridine rings is 1. The molecule has 1 saturated carbocycles. The first-order valence-electron chi connectivity index (χ1n) is 10.2. The van der Waals surface area contributed by atoms with E-state index in [9.17, 15) is 18.0 Å². The van der Waals surface area contributed by atoms with Gasteiger partial charge in [0.25, 0.3) is 0 Å². The number of nitrogens with zero attached hydrogens (tertiary/aromatic N) is 2. The number of hydrogen-bond donors (Lipinski definition) is 1. The molecule has 1 aliphatic carbocycles. The molecule has 0 amide bonds. The van der Waals surface area contributed by atoms with Gasteiger partial charge >= 0.3 is 6.18 Å². The van der Waals surface area contributed by atoms with Crippen LogP contribution in [-0.4, -0.2) is 48.8 Å². The molecule has 3 atom stereocenters. The van der Waals surface area contributed by atoms with Gasteiger partial charge in [-0.15, -0.1) is 0 Å². The Kier molecular flexibility index (Phi) is 7.23. The van der Waals surface area contributed by atoms with E-state index in [-0.39, 0.29) is 24.4 Å². The van der Waals surface area contributed by atoms with Crippen LogP contribution in [0.4, 0.5) is 13.2 Å². The van der Waals surface area contributed by atoms with Crippen molar-refractivity contribution in [1.82, 2.24) is 15.4 Å². The van der Waals surface area contributed by atoms with E-state index < -0.39 is 12.6 Å². The Hall–Kier alpha value is -2.29. The number of hydrogen-bond acceptors (Lipinski definition) is 6. The normalized spacial score (nSPS) is 24.5. The molecule has 1 fully saturated rings. The van der Waals surface area contributed by atoms with E-state index in [0.29, 0.717) is 30.0 Å². The average molecular weight is 427 g/mol. The number of hydrazine groups is 1. The summed E-state index contributed by atoms with van der Waals surface area (Å²) < 4.78 is 49.4. The standard InChI is InChI=1S/C21H28F3N3O3/c1-14-9-18(27(26-14)8-7-21(22,23)24)16-6-4-3-5-15(16)13-30-20-11-25-10-19(29-2)17(20)12-28/h9-12,14-16,26H,3-8,13H2,1-2H3. The lowest BCUT2D eigenvalue weighted by molar-refractivity contribution is -0.138. The molecule has 6 nitrogen and oxygen atoms in total. The largest absolute Gasteiger partial charge is 0.494 e. The molecule has 1 aromatic heterocycles. The minimum atomic E-state index is -4.20. The highest BCUT2D eigenvalue weighted by Gasteiger charge is 2.36. The minimum absolute atomic E-state index is 0.0130. The van der Waals surface area contributed by atoms with Crippen molar-refractivity contribution in [2.75, 3.05) is 20.3 Å². The van der Waals surface area contributed by atoms with Crippen molar-refractivity contribution in [3.05, 3.63) is 29.7 Å². The van der Waals surface area contributed by atoms with E-state index in [2.05, 4.69) is 10.4 Å². The summed E-state index contributed by atoms with van der Waals surface area (Å²) in [6, 6.07) is -0.0130. The maximum Gasteiger partial charge on any atom is 0.390 e. The Bertz CT molecular complexity index is 770. The number of rotatable bonds is 8. The molecule has 0 spiro atoms. The first-order valence-corrected chi connectivity index (χ1v) is 10.2. The van der Waals surface area contributed by atoms with E-state index in [1.165, 1.54) is 19.5 Å². The lowest BCUT2D eigenvalue weighted by Crippen LogP contribution is -2.41. The number of halogens is 3. The smallest absolute Gasteiger partial charge is 0.390 e. The molecular formula is C21H28F3N3O3. The number of aldehydes is 1. The highest BCUT2D eigenvalue weighted by Crippen LogP contribution is 2.39. The van der Waals surface area contributed by atoms with Crippen molar-refractivity contribution in [3.63, 3.8) is 0 Å². The predicted molar refractivity (Wildman–Crippen MR) is 105 cm³/mol. The second-order valence-electron chi connectivity index (χ2n) is 7.86. The van der Waals surface area contributed by atoms with E-state index >= 15 is 0 Å². The summed E-state index contributed by atoms with van der Waals surface area (Å²) in [4.78, 5) is 15.5. The Morgan fingerprint density at radius 2 is 2.00 bits per heavy atom. The number of carbonyl (C=O) groups excluding carboxylic acids is 1. The van der Waals surface area contributed by atoms with Crippen LogP contribution in [0.1, 0.15) is 49.4 Å². The quantitative estimate of drug-likeness (QED) is 0.630. The Morgan fingerprint density at radius 1 is 1.27 bits per heavy atom. The lowest BCUT2D eigenvalue weighted by atomic mass is 9.77. The van der Waals surface area contributed by atoms with Gasteiger partial charge in [-0.3, -0.25) is 9.78 Å². The molecule has 0 aromatic carbocycles. The minimum Gasteiger partial charge on any atom is -0.494 e. The number of carbonyl (C=O) groups is 1. The van der Waals surface area contributed by atoms with E-state index in [0.717, 1.165) is 31.4 Å². The predicted octanol–water partition coefficient (Wildman–Crippen LogP) is 4.13.